The molecule has 0 bridgehead atoms. The van der Waals surface area contributed by atoms with E-state index >= 15 is 0 Å². The highest BCUT2D eigenvalue weighted by atomic mass is 32.2. The van der Waals surface area contributed by atoms with Crippen molar-refractivity contribution in [3.8, 4) is 0 Å². The third-order valence-electron chi connectivity index (χ3n) is 4.25. The van der Waals surface area contributed by atoms with E-state index < -0.39 is 21.7 Å². The van der Waals surface area contributed by atoms with Crippen LogP contribution in [-0.2, 0) is 10.0 Å². The fraction of sp³-hybridized carbons (Fsp3) is 0.353. The van der Waals surface area contributed by atoms with Crippen LogP contribution in [0.5, 0.6) is 0 Å². The van der Waals surface area contributed by atoms with E-state index in [4.69, 9.17) is 0 Å². The quantitative estimate of drug-likeness (QED) is 0.879. The molecular formula is C17H20F2N4O2S. The average molecular weight is 382 g/mol. The molecule has 1 saturated heterocycles. The first kappa shape index (κ1) is 18.5. The van der Waals surface area contributed by atoms with Gasteiger partial charge in [-0.2, -0.15) is 0 Å². The number of nitrogens with zero attached hydrogens (tertiary/aromatic N) is 3. The molecule has 3 rings (SSSR count). The number of halogens is 2. The van der Waals surface area contributed by atoms with E-state index in [0.29, 0.717) is 5.82 Å². The predicted octanol–water partition coefficient (Wildman–Crippen LogP) is 2.30. The highest BCUT2D eigenvalue weighted by Crippen LogP contribution is 2.20. The second kappa shape index (κ2) is 7.55. The molecule has 140 valence electrons. The molecule has 1 N–H and O–H groups in total. The van der Waals surface area contributed by atoms with Crippen LogP contribution in [0.2, 0.25) is 0 Å². The first-order valence-corrected chi connectivity index (χ1v) is 9.71. The summed E-state index contributed by atoms with van der Waals surface area (Å²) in [5, 5.41) is 0. The Morgan fingerprint density at radius 3 is 2.54 bits per heavy atom. The van der Waals surface area contributed by atoms with Gasteiger partial charge in [-0.05, 0) is 44.3 Å². The molecule has 0 saturated carbocycles. The van der Waals surface area contributed by atoms with E-state index in [9.17, 15) is 17.2 Å². The molecule has 0 aliphatic carbocycles. The topological polar surface area (TPSA) is 65.5 Å². The van der Waals surface area contributed by atoms with Gasteiger partial charge in [-0.25, -0.2) is 22.2 Å². The maximum absolute atomic E-state index is 13.2. The summed E-state index contributed by atoms with van der Waals surface area (Å²) in [6.07, 6.45) is 2.28. The van der Waals surface area contributed by atoms with Crippen molar-refractivity contribution in [2.24, 2.45) is 0 Å². The smallest absolute Gasteiger partial charge is 0.263 e. The third kappa shape index (κ3) is 4.28. The normalized spacial score (nSPS) is 16.3. The summed E-state index contributed by atoms with van der Waals surface area (Å²) in [6, 6.07) is 5.93. The minimum Gasteiger partial charge on any atom is -0.355 e. The predicted molar refractivity (Wildman–Crippen MR) is 95.7 cm³/mol. The lowest BCUT2D eigenvalue weighted by molar-refractivity contribution is 0.360. The number of aromatic nitrogens is 1. The van der Waals surface area contributed by atoms with E-state index in [1.165, 1.54) is 12.3 Å². The molecule has 6 nitrogen and oxygen atoms in total. The van der Waals surface area contributed by atoms with Crippen LogP contribution in [0.4, 0.5) is 20.3 Å². The number of likely N-dealkylation sites (N-methyl/N-ethyl adjacent to an activating group) is 1. The molecule has 0 atom stereocenters. The number of rotatable bonds is 4. The number of pyridine rings is 1. The molecule has 1 aromatic carbocycles. The number of benzene rings is 1. The zero-order valence-corrected chi connectivity index (χ0v) is 15.1. The molecule has 0 amide bonds. The van der Waals surface area contributed by atoms with Crippen molar-refractivity contribution in [1.29, 1.82) is 0 Å². The number of sulfonamides is 1. The van der Waals surface area contributed by atoms with Gasteiger partial charge in [-0.1, -0.05) is 0 Å². The highest BCUT2D eigenvalue weighted by Gasteiger charge is 2.18. The number of nitrogens with one attached hydrogen (secondary N) is 1. The van der Waals surface area contributed by atoms with Gasteiger partial charge >= 0.3 is 0 Å². The van der Waals surface area contributed by atoms with Crippen LogP contribution < -0.4 is 9.62 Å². The Kier molecular flexibility index (Phi) is 5.38. The second-order valence-electron chi connectivity index (χ2n) is 6.23. The molecule has 26 heavy (non-hydrogen) atoms. The zero-order chi connectivity index (χ0) is 18.7. The van der Waals surface area contributed by atoms with Crippen LogP contribution >= 0.6 is 0 Å². The largest absolute Gasteiger partial charge is 0.355 e. The summed E-state index contributed by atoms with van der Waals surface area (Å²) in [4.78, 5) is 8.57. The Labute approximate surface area is 151 Å². The van der Waals surface area contributed by atoms with Gasteiger partial charge in [-0.15, -0.1) is 0 Å². The summed E-state index contributed by atoms with van der Waals surface area (Å²) in [5.74, 6) is -1.45. The van der Waals surface area contributed by atoms with Crippen molar-refractivity contribution >= 4 is 21.5 Å². The Hall–Kier alpha value is -2.26. The molecule has 2 aromatic rings. The number of hydrogen-bond donors (Lipinski definition) is 1. The summed E-state index contributed by atoms with van der Waals surface area (Å²) < 4.78 is 53.2. The number of anilines is 2. The number of hydrogen-bond acceptors (Lipinski definition) is 5. The Morgan fingerprint density at radius 1 is 1.04 bits per heavy atom. The van der Waals surface area contributed by atoms with Crippen LogP contribution in [0.3, 0.4) is 0 Å². The maximum atomic E-state index is 13.2. The van der Waals surface area contributed by atoms with Crippen molar-refractivity contribution < 1.29 is 17.2 Å². The minimum atomic E-state index is -3.93. The fourth-order valence-corrected chi connectivity index (χ4v) is 3.76. The second-order valence-corrected chi connectivity index (χ2v) is 7.91. The fourth-order valence-electron chi connectivity index (χ4n) is 2.77. The van der Waals surface area contributed by atoms with Crippen molar-refractivity contribution in [1.82, 2.24) is 9.88 Å². The highest BCUT2D eigenvalue weighted by molar-refractivity contribution is 7.92. The summed E-state index contributed by atoms with van der Waals surface area (Å²) in [6.45, 7) is 3.61. The molecule has 1 fully saturated rings. The molecule has 0 unspecified atom stereocenters. The molecule has 9 heteroatoms. The van der Waals surface area contributed by atoms with Gasteiger partial charge in [0, 0.05) is 31.9 Å². The molecule has 1 aliphatic rings. The Balaban J connectivity index is 1.75. The van der Waals surface area contributed by atoms with Crippen LogP contribution in [0.1, 0.15) is 6.42 Å². The zero-order valence-electron chi connectivity index (χ0n) is 14.3. The van der Waals surface area contributed by atoms with E-state index in [0.717, 1.165) is 50.8 Å². The summed E-state index contributed by atoms with van der Waals surface area (Å²) in [5.41, 5.74) is -0.0523. The van der Waals surface area contributed by atoms with E-state index in [-0.39, 0.29) is 10.6 Å². The van der Waals surface area contributed by atoms with Gasteiger partial charge in [0.1, 0.15) is 10.7 Å². The van der Waals surface area contributed by atoms with Crippen molar-refractivity contribution in [3.63, 3.8) is 0 Å². The lowest BCUT2D eigenvalue weighted by Crippen LogP contribution is -2.29. The van der Waals surface area contributed by atoms with E-state index in [1.807, 2.05) is 0 Å². The van der Waals surface area contributed by atoms with Gasteiger partial charge in [0.2, 0.25) is 0 Å². The van der Waals surface area contributed by atoms with Gasteiger partial charge in [-0.3, -0.25) is 4.72 Å². The first-order valence-electron chi connectivity index (χ1n) is 8.22. The van der Waals surface area contributed by atoms with E-state index in [1.54, 1.807) is 6.07 Å². The third-order valence-corrected chi connectivity index (χ3v) is 5.61. The molecule has 0 radical (unpaired) electrons. The average Bonchev–Trinajstić information content (AvgIpc) is 2.83. The van der Waals surface area contributed by atoms with Gasteiger partial charge in [0.25, 0.3) is 10.0 Å². The Morgan fingerprint density at radius 2 is 1.85 bits per heavy atom. The van der Waals surface area contributed by atoms with Crippen LogP contribution in [0, 0.1) is 11.6 Å². The molecule has 1 aromatic heterocycles. The van der Waals surface area contributed by atoms with Gasteiger partial charge in [0.15, 0.2) is 11.6 Å². The SMILES string of the molecule is CN1CCCN(c2ccc(S(=O)(=O)Nc3ccc(F)c(F)c3)cn2)CC1. The minimum absolute atomic E-state index is 0.0436. The lowest BCUT2D eigenvalue weighted by Gasteiger charge is -2.21. The summed E-state index contributed by atoms with van der Waals surface area (Å²) in [7, 11) is -1.87. The van der Waals surface area contributed by atoms with Crippen LogP contribution in [0.25, 0.3) is 0 Å². The van der Waals surface area contributed by atoms with Crippen molar-refractivity contribution in [2.75, 3.05) is 42.8 Å². The van der Waals surface area contributed by atoms with Crippen LogP contribution in [-0.4, -0.2) is 51.5 Å². The summed E-state index contributed by atoms with van der Waals surface area (Å²) >= 11 is 0. The van der Waals surface area contributed by atoms with Gasteiger partial charge in [0.05, 0.1) is 5.69 Å². The molecule has 0 spiro atoms. The maximum Gasteiger partial charge on any atom is 0.263 e. The monoisotopic (exact) mass is 382 g/mol. The Bertz CT molecular complexity index is 875. The van der Waals surface area contributed by atoms with Crippen LogP contribution in [0.15, 0.2) is 41.4 Å². The molecule has 1 aliphatic heterocycles. The van der Waals surface area contributed by atoms with Gasteiger partial charge < -0.3 is 9.80 Å². The van der Waals surface area contributed by atoms with Crippen molar-refractivity contribution in [3.05, 3.63) is 48.2 Å². The first-order chi connectivity index (χ1) is 12.3. The van der Waals surface area contributed by atoms with E-state index in [2.05, 4.69) is 26.6 Å². The molecular weight excluding hydrogens is 362 g/mol. The standard InChI is InChI=1S/C17H20F2N4O2S/c1-22-7-2-8-23(10-9-22)17-6-4-14(12-20-17)26(24,25)21-13-3-5-15(18)16(19)11-13/h3-6,11-12,21H,2,7-10H2,1H3. The molecule has 2 heterocycles. The lowest BCUT2D eigenvalue weighted by atomic mass is 10.3. The van der Waals surface area contributed by atoms with Crippen molar-refractivity contribution in [2.45, 2.75) is 11.3 Å².